The fraction of sp³-hybridized carbons (Fsp3) is 0.917. The van der Waals surface area contributed by atoms with Gasteiger partial charge in [0.15, 0.2) is 0 Å². The zero-order valence-corrected chi connectivity index (χ0v) is 9.05. The topological polar surface area (TPSA) is 26.3 Å². The van der Waals surface area contributed by atoms with Crippen LogP contribution in [0.25, 0.3) is 0 Å². The third-order valence-corrected chi connectivity index (χ3v) is 3.95. The Kier molecular flexibility index (Phi) is 2.65. The maximum Gasteiger partial charge on any atom is 0.120 e. The van der Waals surface area contributed by atoms with Gasteiger partial charge < -0.3 is 9.53 Å². The number of rotatable bonds is 2. The molecule has 1 saturated heterocycles. The van der Waals surface area contributed by atoms with Crippen molar-refractivity contribution in [1.29, 1.82) is 0 Å². The molecule has 0 aromatic rings. The Morgan fingerprint density at radius 1 is 1.29 bits per heavy atom. The molecule has 1 atom stereocenters. The molecule has 1 aliphatic carbocycles. The summed E-state index contributed by atoms with van der Waals surface area (Å²) in [5, 5.41) is 0. The Bertz CT molecular complexity index is 218. The van der Waals surface area contributed by atoms with Gasteiger partial charge in [0.2, 0.25) is 0 Å². The van der Waals surface area contributed by atoms with E-state index in [1.807, 2.05) is 0 Å². The first kappa shape index (κ1) is 10.2. The molecular formula is C12H20O2. The molecule has 2 heteroatoms. The van der Waals surface area contributed by atoms with Crippen LogP contribution in [0.3, 0.4) is 0 Å². The van der Waals surface area contributed by atoms with Gasteiger partial charge in [-0.2, -0.15) is 0 Å². The monoisotopic (exact) mass is 196 g/mol. The number of carbonyl (C=O) groups excluding carboxylic acids is 1. The van der Waals surface area contributed by atoms with Gasteiger partial charge in [0.05, 0.1) is 5.60 Å². The molecule has 1 aliphatic heterocycles. The predicted molar refractivity (Wildman–Crippen MR) is 55.2 cm³/mol. The van der Waals surface area contributed by atoms with Crippen LogP contribution in [0, 0.1) is 5.41 Å². The summed E-state index contributed by atoms with van der Waals surface area (Å²) in [6.45, 7) is 3.09. The van der Waals surface area contributed by atoms with Crippen LogP contribution in [-0.4, -0.2) is 18.5 Å². The highest BCUT2D eigenvalue weighted by Crippen LogP contribution is 2.48. The molecule has 2 aliphatic rings. The standard InChI is InChI=1S/C12H20O2/c1-11(6-8-13)7-9-14-12(10-11)4-2-3-5-12/h8H,2-7,9-10H2,1H3. The Labute approximate surface area is 86.0 Å². The van der Waals surface area contributed by atoms with E-state index < -0.39 is 0 Å². The molecule has 80 valence electrons. The van der Waals surface area contributed by atoms with E-state index in [0.717, 1.165) is 25.7 Å². The third kappa shape index (κ3) is 1.85. The zero-order valence-electron chi connectivity index (χ0n) is 9.05. The van der Waals surface area contributed by atoms with Gasteiger partial charge in [0.25, 0.3) is 0 Å². The van der Waals surface area contributed by atoms with Gasteiger partial charge >= 0.3 is 0 Å². The van der Waals surface area contributed by atoms with Crippen LogP contribution >= 0.6 is 0 Å². The smallest absolute Gasteiger partial charge is 0.120 e. The van der Waals surface area contributed by atoms with Gasteiger partial charge in [-0.1, -0.05) is 19.8 Å². The second kappa shape index (κ2) is 3.65. The average molecular weight is 196 g/mol. The van der Waals surface area contributed by atoms with Crippen molar-refractivity contribution < 1.29 is 9.53 Å². The highest BCUT2D eigenvalue weighted by atomic mass is 16.5. The fourth-order valence-electron chi connectivity index (χ4n) is 3.15. The van der Waals surface area contributed by atoms with Crippen LogP contribution in [0.1, 0.15) is 51.9 Å². The molecule has 1 saturated carbocycles. The van der Waals surface area contributed by atoms with E-state index in [4.69, 9.17) is 4.74 Å². The normalized spacial score (nSPS) is 36.1. The van der Waals surface area contributed by atoms with Crippen molar-refractivity contribution in [3.8, 4) is 0 Å². The molecule has 0 aromatic carbocycles. The quantitative estimate of drug-likeness (QED) is 0.635. The van der Waals surface area contributed by atoms with Gasteiger partial charge in [-0.25, -0.2) is 0 Å². The minimum Gasteiger partial charge on any atom is -0.375 e. The molecule has 1 heterocycles. The zero-order chi connectivity index (χ0) is 10.1. The number of hydrogen-bond donors (Lipinski definition) is 0. The SMILES string of the molecule is CC1(CC=O)CCOC2(CCCC2)C1. The lowest BCUT2D eigenvalue weighted by Crippen LogP contribution is -2.42. The fourth-order valence-corrected chi connectivity index (χ4v) is 3.15. The second-order valence-electron chi connectivity index (χ2n) is 5.35. The molecule has 2 nitrogen and oxygen atoms in total. The number of carbonyl (C=O) groups is 1. The number of hydrogen-bond acceptors (Lipinski definition) is 2. The maximum absolute atomic E-state index is 10.6. The summed E-state index contributed by atoms with van der Waals surface area (Å²) in [5.74, 6) is 0. The van der Waals surface area contributed by atoms with Gasteiger partial charge in [0.1, 0.15) is 6.29 Å². The van der Waals surface area contributed by atoms with Crippen LogP contribution in [0.4, 0.5) is 0 Å². The van der Waals surface area contributed by atoms with E-state index in [9.17, 15) is 4.79 Å². The van der Waals surface area contributed by atoms with Crippen LogP contribution in [-0.2, 0) is 9.53 Å². The first-order chi connectivity index (χ1) is 6.68. The van der Waals surface area contributed by atoms with Crippen molar-refractivity contribution in [3.05, 3.63) is 0 Å². The molecule has 2 rings (SSSR count). The molecule has 0 N–H and O–H groups in total. The summed E-state index contributed by atoms with van der Waals surface area (Å²) in [7, 11) is 0. The van der Waals surface area contributed by atoms with E-state index in [2.05, 4.69) is 6.92 Å². The highest BCUT2D eigenvalue weighted by molar-refractivity contribution is 5.50. The van der Waals surface area contributed by atoms with E-state index in [0.29, 0.717) is 6.42 Å². The highest BCUT2D eigenvalue weighted by Gasteiger charge is 2.44. The van der Waals surface area contributed by atoms with Crippen molar-refractivity contribution >= 4 is 6.29 Å². The Morgan fingerprint density at radius 3 is 2.64 bits per heavy atom. The Morgan fingerprint density at radius 2 is 2.00 bits per heavy atom. The summed E-state index contributed by atoms with van der Waals surface area (Å²) in [6.07, 6.45) is 8.95. The van der Waals surface area contributed by atoms with Crippen molar-refractivity contribution in [2.24, 2.45) is 5.41 Å². The second-order valence-corrected chi connectivity index (χ2v) is 5.35. The van der Waals surface area contributed by atoms with Crippen molar-refractivity contribution in [2.75, 3.05) is 6.61 Å². The first-order valence-corrected chi connectivity index (χ1v) is 5.76. The van der Waals surface area contributed by atoms with Gasteiger partial charge in [-0.3, -0.25) is 0 Å². The average Bonchev–Trinajstić information content (AvgIpc) is 2.52. The van der Waals surface area contributed by atoms with Crippen LogP contribution in [0.5, 0.6) is 0 Å². The number of ether oxygens (including phenoxy) is 1. The molecule has 1 unspecified atom stereocenters. The minimum absolute atomic E-state index is 0.149. The van der Waals surface area contributed by atoms with Crippen molar-refractivity contribution in [3.63, 3.8) is 0 Å². The van der Waals surface area contributed by atoms with E-state index in [1.54, 1.807) is 0 Å². The predicted octanol–water partition coefficient (Wildman–Crippen LogP) is 2.70. The summed E-state index contributed by atoms with van der Waals surface area (Å²) in [5.41, 5.74) is 0.361. The van der Waals surface area contributed by atoms with Crippen LogP contribution < -0.4 is 0 Å². The number of aldehydes is 1. The van der Waals surface area contributed by atoms with Gasteiger partial charge in [0, 0.05) is 13.0 Å². The molecule has 0 amide bonds. The summed E-state index contributed by atoms with van der Waals surface area (Å²) in [4.78, 5) is 10.6. The summed E-state index contributed by atoms with van der Waals surface area (Å²) >= 11 is 0. The van der Waals surface area contributed by atoms with E-state index >= 15 is 0 Å². The van der Waals surface area contributed by atoms with E-state index in [-0.39, 0.29) is 11.0 Å². The van der Waals surface area contributed by atoms with Crippen molar-refractivity contribution in [1.82, 2.24) is 0 Å². The molecular weight excluding hydrogens is 176 g/mol. The lowest BCUT2D eigenvalue weighted by molar-refractivity contribution is -0.128. The van der Waals surface area contributed by atoms with Gasteiger partial charge in [-0.15, -0.1) is 0 Å². The molecule has 2 fully saturated rings. The lowest BCUT2D eigenvalue weighted by atomic mass is 9.72. The summed E-state index contributed by atoms with van der Waals surface area (Å²) < 4.78 is 5.95. The molecule has 0 radical (unpaired) electrons. The molecule has 14 heavy (non-hydrogen) atoms. The van der Waals surface area contributed by atoms with Crippen molar-refractivity contribution in [2.45, 2.75) is 57.5 Å². The molecule has 0 aromatic heterocycles. The van der Waals surface area contributed by atoms with Gasteiger partial charge in [-0.05, 0) is 31.1 Å². The lowest BCUT2D eigenvalue weighted by Gasteiger charge is -2.44. The molecule has 1 spiro atoms. The van der Waals surface area contributed by atoms with Crippen LogP contribution in [0.2, 0.25) is 0 Å². The Hall–Kier alpha value is -0.370. The summed E-state index contributed by atoms with van der Waals surface area (Å²) in [6, 6.07) is 0. The minimum atomic E-state index is 0.149. The molecule has 0 bridgehead atoms. The van der Waals surface area contributed by atoms with E-state index in [1.165, 1.54) is 25.7 Å². The third-order valence-electron chi connectivity index (χ3n) is 3.95. The first-order valence-electron chi connectivity index (χ1n) is 5.76. The van der Waals surface area contributed by atoms with Crippen LogP contribution in [0.15, 0.2) is 0 Å². The maximum atomic E-state index is 10.6. The largest absolute Gasteiger partial charge is 0.375 e. The Balaban J connectivity index is 2.05.